The van der Waals surface area contributed by atoms with Crippen molar-refractivity contribution in [1.29, 1.82) is 0 Å². The van der Waals surface area contributed by atoms with Crippen LogP contribution in [-0.4, -0.2) is 18.5 Å². The van der Waals surface area contributed by atoms with Gasteiger partial charge in [0.1, 0.15) is 5.78 Å². The topological polar surface area (TPSA) is 26.3 Å². The second-order valence-electron chi connectivity index (χ2n) is 8.45. The minimum Gasteiger partial charge on any atom is -0.378 e. The Hall–Kier alpha value is -0.370. The first-order valence-electron chi connectivity index (χ1n) is 8.38. The quantitative estimate of drug-likeness (QED) is 0.751. The standard InChI is InChI=1S/C18H32O2/c1-13(20-12-11-17(2,3)4)14-8-9-15-16(19)7-6-10-18(14,15)5/h13-15H,6-12H2,1-5H3. The van der Waals surface area contributed by atoms with E-state index in [1.807, 2.05) is 0 Å². The number of carbonyl (C=O) groups is 1. The van der Waals surface area contributed by atoms with Crippen molar-refractivity contribution in [3.63, 3.8) is 0 Å². The van der Waals surface area contributed by atoms with Crippen LogP contribution in [0.3, 0.4) is 0 Å². The predicted molar refractivity (Wildman–Crippen MR) is 82.7 cm³/mol. The summed E-state index contributed by atoms with van der Waals surface area (Å²) in [4.78, 5) is 12.2. The molecule has 0 heterocycles. The molecule has 116 valence electrons. The van der Waals surface area contributed by atoms with Crippen LogP contribution in [-0.2, 0) is 9.53 Å². The summed E-state index contributed by atoms with van der Waals surface area (Å²) >= 11 is 0. The van der Waals surface area contributed by atoms with E-state index in [4.69, 9.17) is 4.74 Å². The fraction of sp³-hybridized carbons (Fsp3) is 0.944. The van der Waals surface area contributed by atoms with E-state index in [9.17, 15) is 4.79 Å². The van der Waals surface area contributed by atoms with Gasteiger partial charge < -0.3 is 4.74 Å². The molecule has 2 heteroatoms. The third-order valence-corrected chi connectivity index (χ3v) is 5.74. The fourth-order valence-corrected chi connectivity index (χ4v) is 4.41. The van der Waals surface area contributed by atoms with Crippen molar-refractivity contribution in [2.24, 2.45) is 22.7 Å². The van der Waals surface area contributed by atoms with Crippen LogP contribution >= 0.6 is 0 Å². The molecule has 0 aromatic carbocycles. The van der Waals surface area contributed by atoms with Crippen molar-refractivity contribution in [3.8, 4) is 0 Å². The summed E-state index contributed by atoms with van der Waals surface area (Å²) in [6.45, 7) is 12.2. The van der Waals surface area contributed by atoms with Crippen molar-refractivity contribution in [2.75, 3.05) is 6.61 Å². The van der Waals surface area contributed by atoms with Crippen molar-refractivity contribution < 1.29 is 9.53 Å². The highest BCUT2D eigenvalue weighted by atomic mass is 16.5. The van der Waals surface area contributed by atoms with E-state index in [-0.39, 0.29) is 5.41 Å². The van der Waals surface area contributed by atoms with Gasteiger partial charge in [-0.25, -0.2) is 0 Å². The number of carbonyl (C=O) groups excluding carboxylic acids is 1. The molecule has 2 saturated carbocycles. The maximum absolute atomic E-state index is 12.2. The van der Waals surface area contributed by atoms with E-state index >= 15 is 0 Å². The molecule has 2 nitrogen and oxygen atoms in total. The lowest BCUT2D eigenvalue weighted by atomic mass is 9.64. The van der Waals surface area contributed by atoms with Crippen LogP contribution in [0, 0.1) is 22.7 Å². The Kier molecular flexibility index (Phi) is 4.63. The monoisotopic (exact) mass is 280 g/mol. The van der Waals surface area contributed by atoms with Crippen LogP contribution in [0.25, 0.3) is 0 Å². The molecule has 4 atom stereocenters. The highest BCUT2D eigenvalue weighted by Crippen LogP contribution is 2.55. The van der Waals surface area contributed by atoms with Gasteiger partial charge in [0.2, 0.25) is 0 Å². The molecule has 20 heavy (non-hydrogen) atoms. The summed E-state index contributed by atoms with van der Waals surface area (Å²) in [7, 11) is 0. The van der Waals surface area contributed by atoms with Gasteiger partial charge in [-0.1, -0.05) is 27.7 Å². The first-order chi connectivity index (χ1) is 9.24. The summed E-state index contributed by atoms with van der Waals surface area (Å²) in [5.74, 6) is 1.40. The van der Waals surface area contributed by atoms with Crippen LogP contribution in [0.2, 0.25) is 0 Å². The average Bonchev–Trinajstić information content (AvgIpc) is 2.66. The zero-order valence-corrected chi connectivity index (χ0v) is 14.0. The number of Topliss-reactive ketones (excluding diaryl/α,β-unsaturated/α-hetero) is 1. The Labute approximate surface area is 124 Å². The number of hydrogen-bond acceptors (Lipinski definition) is 2. The third kappa shape index (κ3) is 3.27. The van der Waals surface area contributed by atoms with Crippen molar-refractivity contribution in [3.05, 3.63) is 0 Å². The summed E-state index contributed by atoms with van der Waals surface area (Å²) in [5.41, 5.74) is 0.541. The zero-order chi connectivity index (χ0) is 15.0. The van der Waals surface area contributed by atoms with Gasteiger partial charge >= 0.3 is 0 Å². The maximum atomic E-state index is 12.2. The van der Waals surface area contributed by atoms with Gasteiger partial charge in [0, 0.05) is 18.9 Å². The molecule has 2 fully saturated rings. The molecular formula is C18H32O2. The van der Waals surface area contributed by atoms with Gasteiger partial charge in [-0.2, -0.15) is 0 Å². The van der Waals surface area contributed by atoms with Gasteiger partial charge in [0.05, 0.1) is 6.10 Å². The van der Waals surface area contributed by atoms with E-state index in [2.05, 4.69) is 34.6 Å². The second kappa shape index (κ2) is 5.79. The molecule has 0 aromatic rings. The molecule has 2 rings (SSSR count). The maximum Gasteiger partial charge on any atom is 0.136 e. The molecule has 0 saturated heterocycles. The molecule has 4 unspecified atom stereocenters. The van der Waals surface area contributed by atoms with Gasteiger partial charge in [0.15, 0.2) is 0 Å². The predicted octanol–water partition coefficient (Wildman–Crippen LogP) is 4.61. The first-order valence-corrected chi connectivity index (χ1v) is 8.38. The van der Waals surface area contributed by atoms with Crippen LogP contribution in [0.4, 0.5) is 0 Å². The SMILES string of the molecule is CC(OCCC(C)(C)C)C1CCC2C(=O)CCCC21C. The van der Waals surface area contributed by atoms with Crippen LogP contribution in [0.15, 0.2) is 0 Å². The minimum absolute atomic E-state index is 0.205. The second-order valence-corrected chi connectivity index (χ2v) is 8.45. The highest BCUT2D eigenvalue weighted by molar-refractivity contribution is 5.83. The number of ketones is 1. The number of ether oxygens (including phenoxy) is 1. The molecular weight excluding hydrogens is 248 g/mol. The Morgan fingerprint density at radius 1 is 1.35 bits per heavy atom. The Morgan fingerprint density at radius 3 is 2.70 bits per heavy atom. The lowest BCUT2D eigenvalue weighted by Gasteiger charge is -2.42. The Bertz CT molecular complexity index is 355. The average molecular weight is 280 g/mol. The molecule has 0 bridgehead atoms. The van der Waals surface area contributed by atoms with Crippen molar-refractivity contribution in [2.45, 2.75) is 79.2 Å². The minimum atomic E-state index is 0.205. The van der Waals surface area contributed by atoms with Crippen molar-refractivity contribution >= 4 is 5.78 Å². The number of rotatable bonds is 4. The molecule has 0 aromatic heterocycles. The molecule has 0 amide bonds. The van der Waals surface area contributed by atoms with Crippen molar-refractivity contribution in [1.82, 2.24) is 0 Å². The number of fused-ring (bicyclic) bond motifs is 1. The van der Waals surface area contributed by atoms with E-state index in [0.717, 1.165) is 32.3 Å². The normalized spacial score (nSPS) is 36.0. The molecule has 2 aliphatic rings. The first kappa shape index (κ1) is 16.0. The molecule has 0 N–H and O–H groups in total. The fourth-order valence-electron chi connectivity index (χ4n) is 4.41. The molecule has 0 aliphatic heterocycles. The van der Waals surface area contributed by atoms with Gasteiger partial charge in [-0.05, 0) is 55.8 Å². The van der Waals surface area contributed by atoms with E-state index < -0.39 is 0 Å². The summed E-state index contributed by atoms with van der Waals surface area (Å²) in [5, 5.41) is 0. The summed E-state index contributed by atoms with van der Waals surface area (Å²) in [6.07, 6.45) is 6.75. The summed E-state index contributed by atoms with van der Waals surface area (Å²) in [6, 6.07) is 0. The molecule has 0 spiro atoms. The van der Waals surface area contributed by atoms with Crippen LogP contribution in [0.5, 0.6) is 0 Å². The lowest BCUT2D eigenvalue weighted by molar-refractivity contribution is -0.131. The third-order valence-electron chi connectivity index (χ3n) is 5.74. The highest BCUT2D eigenvalue weighted by Gasteiger charge is 2.52. The van der Waals surface area contributed by atoms with Crippen LogP contribution in [0.1, 0.15) is 73.1 Å². The summed E-state index contributed by atoms with van der Waals surface area (Å²) < 4.78 is 6.14. The van der Waals surface area contributed by atoms with Crippen LogP contribution < -0.4 is 0 Å². The lowest BCUT2D eigenvalue weighted by Crippen LogP contribution is -2.41. The Morgan fingerprint density at radius 2 is 2.05 bits per heavy atom. The van der Waals surface area contributed by atoms with E-state index in [1.165, 1.54) is 12.8 Å². The smallest absolute Gasteiger partial charge is 0.136 e. The van der Waals surface area contributed by atoms with E-state index in [1.54, 1.807) is 0 Å². The molecule has 0 radical (unpaired) electrons. The van der Waals surface area contributed by atoms with E-state index in [0.29, 0.717) is 29.1 Å². The molecule has 2 aliphatic carbocycles. The number of hydrogen-bond donors (Lipinski definition) is 0. The largest absolute Gasteiger partial charge is 0.378 e. The Balaban J connectivity index is 1.93. The zero-order valence-electron chi connectivity index (χ0n) is 14.0. The van der Waals surface area contributed by atoms with Gasteiger partial charge in [0.25, 0.3) is 0 Å². The van der Waals surface area contributed by atoms with Gasteiger partial charge in [-0.15, -0.1) is 0 Å². The van der Waals surface area contributed by atoms with Gasteiger partial charge in [-0.3, -0.25) is 4.79 Å².